The first-order valence-corrected chi connectivity index (χ1v) is 9.85. The van der Waals surface area contributed by atoms with E-state index in [0.29, 0.717) is 11.8 Å². The van der Waals surface area contributed by atoms with E-state index in [2.05, 4.69) is 63.5 Å². The molecular weight excluding hydrogens is 314 g/mol. The number of rotatable bonds is 6. The molecule has 0 atom stereocenters. The monoisotopic (exact) mass is 341 g/mol. The van der Waals surface area contributed by atoms with E-state index >= 15 is 0 Å². The standard InChI is InChI=1S/C21H27NOS/c1-14(2)18-10-7-11-19(15(3)4)20(18)22-21(23)17-9-6-8-16(12-17)13-24-5/h6-12,14-15H,13H2,1-5H3,(H,22,23). The Balaban J connectivity index is 2.36. The summed E-state index contributed by atoms with van der Waals surface area (Å²) < 4.78 is 0. The first-order chi connectivity index (χ1) is 11.4. The van der Waals surface area contributed by atoms with E-state index in [4.69, 9.17) is 0 Å². The number of nitrogens with one attached hydrogen (secondary N) is 1. The molecule has 0 radical (unpaired) electrons. The summed E-state index contributed by atoms with van der Waals surface area (Å²) in [5.41, 5.74) is 5.25. The average Bonchev–Trinajstić information content (AvgIpc) is 2.55. The molecule has 0 aromatic heterocycles. The fraction of sp³-hybridized carbons (Fsp3) is 0.381. The Morgan fingerprint density at radius 1 is 1.00 bits per heavy atom. The van der Waals surface area contributed by atoms with Crippen LogP contribution < -0.4 is 5.32 Å². The summed E-state index contributed by atoms with van der Waals surface area (Å²) in [6.45, 7) is 8.64. The highest BCUT2D eigenvalue weighted by Crippen LogP contribution is 2.32. The largest absolute Gasteiger partial charge is 0.321 e. The lowest BCUT2D eigenvalue weighted by atomic mass is 9.92. The third-order valence-electron chi connectivity index (χ3n) is 4.11. The van der Waals surface area contributed by atoms with Crippen LogP contribution >= 0.6 is 11.8 Å². The minimum Gasteiger partial charge on any atom is -0.321 e. The predicted molar refractivity (Wildman–Crippen MR) is 106 cm³/mol. The van der Waals surface area contributed by atoms with Crippen molar-refractivity contribution >= 4 is 23.4 Å². The van der Waals surface area contributed by atoms with Crippen LogP contribution in [0.15, 0.2) is 42.5 Å². The van der Waals surface area contributed by atoms with Crippen LogP contribution in [0.5, 0.6) is 0 Å². The molecule has 0 aliphatic heterocycles. The fourth-order valence-corrected chi connectivity index (χ4v) is 3.36. The highest BCUT2D eigenvalue weighted by Gasteiger charge is 2.16. The molecule has 0 unspecified atom stereocenters. The molecule has 0 saturated carbocycles. The molecule has 2 nitrogen and oxygen atoms in total. The quantitative estimate of drug-likeness (QED) is 0.693. The molecule has 0 fully saturated rings. The van der Waals surface area contributed by atoms with Gasteiger partial charge in [0.05, 0.1) is 0 Å². The summed E-state index contributed by atoms with van der Waals surface area (Å²) in [4.78, 5) is 12.8. The van der Waals surface area contributed by atoms with Gasteiger partial charge in [0.2, 0.25) is 0 Å². The minimum atomic E-state index is -0.0343. The Morgan fingerprint density at radius 2 is 1.58 bits per heavy atom. The zero-order valence-electron chi connectivity index (χ0n) is 15.2. The lowest BCUT2D eigenvalue weighted by Crippen LogP contribution is -2.16. The Labute approximate surface area is 150 Å². The van der Waals surface area contributed by atoms with E-state index < -0.39 is 0 Å². The van der Waals surface area contributed by atoms with Gasteiger partial charge in [0, 0.05) is 17.0 Å². The molecule has 24 heavy (non-hydrogen) atoms. The lowest BCUT2D eigenvalue weighted by molar-refractivity contribution is 0.102. The van der Waals surface area contributed by atoms with Gasteiger partial charge >= 0.3 is 0 Å². The van der Waals surface area contributed by atoms with Crippen LogP contribution in [0.2, 0.25) is 0 Å². The molecule has 2 rings (SSSR count). The van der Waals surface area contributed by atoms with Crippen LogP contribution in [0.1, 0.15) is 66.6 Å². The van der Waals surface area contributed by atoms with E-state index in [-0.39, 0.29) is 5.91 Å². The fourth-order valence-electron chi connectivity index (χ4n) is 2.85. The molecule has 0 bridgehead atoms. The van der Waals surface area contributed by atoms with E-state index in [0.717, 1.165) is 17.0 Å². The van der Waals surface area contributed by atoms with Gasteiger partial charge < -0.3 is 5.32 Å². The van der Waals surface area contributed by atoms with E-state index in [1.54, 1.807) is 11.8 Å². The Morgan fingerprint density at radius 3 is 2.12 bits per heavy atom. The van der Waals surface area contributed by atoms with Crippen molar-refractivity contribution in [3.8, 4) is 0 Å². The molecule has 1 amide bonds. The molecule has 0 aliphatic rings. The number of amides is 1. The predicted octanol–water partition coefficient (Wildman–Crippen LogP) is 6.05. The van der Waals surface area contributed by atoms with Crippen LogP contribution in [0, 0.1) is 0 Å². The van der Waals surface area contributed by atoms with E-state index in [1.807, 2.05) is 18.2 Å². The molecule has 0 heterocycles. The molecule has 128 valence electrons. The molecule has 2 aromatic carbocycles. The van der Waals surface area contributed by atoms with Crippen molar-refractivity contribution in [1.29, 1.82) is 0 Å². The average molecular weight is 342 g/mol. The van der Waals surface area contributed by atoms with Gasteiger partial charge in [0.1, 0.15) is 0 Å². The third kappa shape index (κ3) is 4.41. The SMILES string of the molecule is CSCc1cccc(C(=O)Nc2c(C(C)C)cccc2C(C)C)c1. The zero-order chi connectivity index (χ0) is 17.7. The van der Waals surface area contributed by atoms with Crippen LogP contribution in [-0.2, 0) is 5.75 Å². The summed E-state index contributed by atoms with van der Waals surface area (Å²) in [7, 11) is 0. The number of thioether (sulfide) groups is 1. The van der Waals surface area contributed by atoms with Crippen molar-refractivity contribution in [2.24, 2.45) is 0 Å². The zero-order valence-corrected chi connectivity index (χ0v) is 16.0. The van der Waals surface area contributed by atoms with Crippen molar-refractivity contribution in [2.75, 3.05) is 11.6 Å². The number of carbonyl (C=O) groups is 1. The Hall–Kier alpha value is -1.74. The smallest absolute Gasteiger partial charge is 0.255 e. The van der Waals surface area contributed by atoms with Gasteiger partial charge in [-0.05, 0) is 46.9 Å². The number of hydrogen-bond acceptors (Lipinski definition) is 2. The van der Waals surface area contributed by atoms with Gasteiger partial charge in [0.25, 0.3) is 5.91 Å². The number of para-hydroxylation sites is 1. The topological polar surface area (TPSA) is 29.1 Å². The van der Waals surface area contributed by atoms with Crippen LogP contribution in [0.3, 0.4) is 0 Å². The molecule has 3 heteroatoms. The van der Waals surface area contributed by atoms with Crippen molar-refractivity contribution in [2.45, 2.75) is 45.3 Å². The van der Waals surface area contributed by atoms with Crippen molar-refractivity contribution in [3.05, 3.63) is 64.7 Å². The highest BCUT2D eigenvalue weighted by molar-refractivity contribution is 7.97. The van der Waals surface area contributed by atoms with Crippen LogP contribution in [0.4, 0.5) is 5.69 Å². The molecule has 0 aliphatic carbocycles. The summed E-state index contributed by atoms with van der Waals surface area (Å²) in [6.07, 6.45) is 2.07. The lowest BCUT2D eigenvalue weighted by Gasteiger charge is -2.20. The second-order valence-corrected chi connectivity index (χ2v) is 7.57. The number of anilines is 1. The summed E-state index contributed by atoms with van der Waals surface area (Å²) in [5, 5.41) is 3.18. The summed E-state index contributed by atoms with van der Waals surface area (Å²) in [5.74, 6) is 1.61. The maximum Gasteiger partial charge on any atom is 0.255 e. The van der Waals surface area contributed by atoms with Crippen LogP contribution in [-0.4, -0.2) is 12.2 Å². The summed E-state index contributed by atoms with van der Waals surface area (Å²) in [6, 6.07) is 14.2. The first kappa shape index (κ1) is 18.6. The first-order valence-electron chi connectivity index (χ1n) is 8.46. The van der Waals surface area contributed by atoms with Gasteiger partial charge in [-0.2, -0.15) is 11.8 Å². The minimum absolute atomic E-state index is 0.0343. The maximum atomic E-state index is 12.8. The van der Waals surface area contributed by atoms with E-state index in [1.165, 1.54) is 16.7 Å². The van der Waals surface area contributed by atoms with Crippen molar-refractivity contribution < 1.29 is 4.79 Å². The second-order valence-electron chi connectivity index (χ2n) is 6.71. The van der Waals surface area contributed by atoms with Gasteiger partial charge in [-0.15, -0.1) is 0 Å². The Kier molecular flexibility index (Phi) is 6.50. The third-order valence-corrected chi connectivity index (χ3v) is 4.73. The van der Waals surface area contributed by atoms with Gasteiger partial charge in [-0.1, -0.05) is 58.0 Å². The molecule has 2 aromatic rings. The molecule has 1 N–H and O–H groups in total. The van der Waals surface area contributed by atoms with Gasteiger partial charge in [0.15, 0.2) is 0 Å². The van der Waals surface area contributed by atoms with E-state index in [9.17, 15) is 4.79 Å². The number of benzene rings is 2. The number of hydrogen-bond donors (Lipinski definition) is 1. The number of carbonyl (C=O) groups excluding carboxylic acids is 1. The Bertz CT molecular complexity index is 680. The summed E-state index contributed by atoms with van der Waals surface area (Å²) >= 11 is 1.76. The van der Waals surface area contributed by atoms with Gasteiger partial charge in [-0.25, -0.2) is 0 Å². The normalized spacial score (nSPS) is 11.1. The molecular formula is C21H27NOS. The van der Waals surface area contributed by atoms with Crippen molar-refractivity contribution in [3.63, 3.8) is 0 Å². The maximum absolute atomic E-state index is 12.8. The molecule has 0 saturated heterocycles. The highest BCUT2D eigenvalue weighted by atomic mass is 32.2. The second kappa shape index (κ2) is 8.39. The van der Waals surface area contributed by atoms with Crippen LogP contribution in [0.25, 0.3) is 0 Å². The van der Waals surface area contributed by atoms with Crippen molar-refractivity contribution in [1.82, 2.24) is 0 Å². The van der Waals surface area contributed by atoms with Gasteiger partial charge in [-0.3, -0.25) is 4.79 Å². The molecule has 0 spiro atoms.